The molecule has 2 saturated carbocycles. The van der Waals surface area contributed by atoms with Crippen molar-refractivity contribution >= 4 is 10.0 Å². The smallest absolute Gasteiger partial charge is 0.240 e. The maximum atomic E-state index is 12.5. The fourth-order valence-electron chi connectivity index (χ4n) is 2.71. The van der Waals surface area contributed by atoms with E-state index in [-0.39, 0.29) is 0 Å². The van der Waals surface area contributed by atoms with Crippen molar-refractivity contribution in [1.82, 2.24) is 10.0 Å². The second-order valence-electron chi connectivity index (χ2n) is 6.25. The summed E-state index contributed by atoms with van der Waals surface area (Å²) in [6, 6.07) is 7.87. The molecule has 21 heavy (non-hydrogen) atoms. The van der Waals surface area contributed by atoms with Crippen LogP contribution in [0, 0.1) is 5.92 Å². The van der Waals surface area contributed by atoms with Gasteiger partial charge in [-0.3, -0.25) is 0 Å². The Hall–Kier alpha value is -0.910. The van der Waals surface area contributed by atoms with Crippen LogP contribution in [0.1, 0.15) is 44.1 Å². The van der Waals surface area contributed by atoms with Crippen LogP contribution in [0.2, 0.25) is 0 Å². The van der Waals surface area contributed by atoms with E-state index in [0.29, 0.717) is 24.0 Å². The lowest BCUT2D eigenvalue weighted by Gasteiger charge is -2.25. The van der Waals surface area contributed by atoms with E-state index in [9.17, 15) is 8.42 Å². The summed E-state index contributed by atoms with van der Waals surface area (Å²) in [7, 11) is -3.39. The Labute approximate surface area is 127 Å². The molecule has 0 spiro atoms. The zero-order chi connectivity index (χ0) is 14.7. The third-order valence-corrected chi connectivity index (χ3v) is 6.05. The van der Waals surface area contributed by atoms with Gasteiger partial charge < -0.3 is 5.32 Å². The summed E-state index contributed by atoms with van der Waals surface area (Å²) in [4.78, 5) is 0.423. The lowest BCUT2D eigenvalue weighted by molar-refractivity contribution is 0.297. The molecular weight excluding hydrogens is 284 g/mol. The van der Waals surface area contributed by atoms with Gasteiger partial charge in [0.25, 0.3) is 0 Å². The van der Waals surface area contributed by atoms with Gasteiger partial charge in [-0.15, -0.1) is 0 Å². The monoisotopic (exact) mass is 308 g/mol. The van der Waals surface area contributed by atoms with Gasteiger partial charge >= 0.3 is 0 Å². The number of sulfonamides is 1. The van der Waals surface area contributed by atoms with Crippen molar-refractivity contribution in [2.75, 3.05) is 6.54 Å². The molecule has 0 atom stereocenters. The third kappa shape index (κ3) is 4.05. The van der Waals surface area contributed by atoms with E-state index in [1.807, 2.05) is 12.1 Å². The first-order valence-electron chi connectivity index (χ1n) is 7.96. The lowest BCUT2D eigenvalue weighted by atomic mass is 9.83. The molecule has 2 N–H and O–H groups in total. The molecule has 2 fully saturated rings. The molecule has 2 aliphatic carbocycles. The highest BCUT2D eigenvalue weighted by Crippen LogP contribution is 2.29. The lowest BCUT2D eigenvalue weighted by Crippen LogP contribution is -2.29. The van der Waals surface area contributed by atoms with Crippen LogP contribution in [0.15, 0.2) is 29.2 Å². The molecule has 0 radical (unpaired) electrons. The minimum absolute atomic E-state index is 0.423. The zero-order valence-corrected chi connectivity index (χ0v) is 13.2. The first-order valence-corrected chi connectivity index (χ1v) is 9.44. The standard InChI is InChI=1S/C16H24N2O2S/c19-21(20,18-11-10-13-4-3-5-13)16-7-2-1-6-14(16)12-17-15-8-9-15/h1-2,6-7,13,15,17-18H,3-5,8-12H2. The van der Waals surface area contributed by atoms with Gasteiger partial charge in [-0.1, -0.05) is 37.5 Å². The molecule has 1 aromatic rings. The highest BCUT2D eigenvalue weighted by atomic mass is 32.2. The Kier molecular flexibility index (Phi) is 4.62. The predicted molar refractivity (Wildman–Crippen MR) is 83.5 cm³/mol. The zero-order valence-electron chi connectivity index (χ0n) is 12.3. The molecule has 0 unspecified atom stereocenters. The van der Waals surface area contributed by atoms with E-state index in [4.69, 9.17) is 0 Å². The van der Waals surface area contributed by atoms with Gasteiger partial charge in [-0.05, 0) is 36.8 Å². The molecule has 4 nitrogen and oxygen atoms in total. The first-order chi connectivity index (χ1) is 10.1. The van der Waals surface area contributed by atoms with Crippen LogP contribution >= 0.6 is 0 Å². The summed E-state index contributed by atoms with van der Waals surface area (Å²) in [5.74, 6) is 0.722. The van der Waals surface area contributed by atoms with Crippen LogP contribution in [0.25, 0.3) is 0 Å². The SMILES string of the molecule is O=S(=O)(NCCC1CCC1)c1ccccc1CNC1CC1. The second kappa shape index (κ2) is 6.46. The fraction of sp³-hybridized carbons (Fsp3) is 0.625. The van der Waals surface area contributed by atoms with Crippen molar-refractivity contribution in [2.45, 2.75) is 56.0 Å². The highest BCUT2D eigenvalue weighted by Gasteiger charge is 2.23. The van der Waals surface area contributed by atoms with Gasteiger partial charge in [-0.2, -0.15) is 0 Å². The van der Waals surface area contributed by atoms with Crippen LogP contribution < -0.4 is 10.0 Å². The summed E-state index contributed by atoms with van der Waals surface area (Å²) < 4.78 is 27.7. The predicted octanol–water partition coefficient (Wildman–Crippen LogP) is 2.41. The Balaban J connectivity index is 1.61. The molecule has 0 heterocycles. The second-order valence-corrected chi connectivity index (χ2v) is 7.98. The quantitative estimate of drug-likeness (QED) is 0.775. The van der Waals surface area contributed by atoms with Gasteiger partial charge in [0, 0.05) is 19.1 Å². The van der Waals surface area contributed by atoms with Crippen molar-refractivity contribution in [3.8, 4) is 0 Å². The van der Waals surface area contributed by atoms with E-state index in [1.165, 1.54) is 32.1 Å². The van der Waals surface area contributed by atoms with Crippen molar-refractivity contribution in [3.63, 3.8) is 0 Å². The fourth-order valence-corrected chi connectivity index (χ4v) is 4.00. The van der Waals surface area contributed by atoms with Crippen LogP contribution in [-0.4, -0.2) is 21.0 Å². The van der Waals surface area contributed by atoms with Gasteiger partial charge in [0.05, 0.1) is 4.90 Å². The number of benzene rings is 1. The Bertz CT molecular complexity index is 578. The van der Waals surface area contributed by atoms with E-state index in [0.717, 1.165) is 17.9 Å². The molecular formula is C16H24N2O2S. The maximum absolute atomic E-state index is 12.5. The minimum Gasteiger partial charge on any atom is -0.310 e. The third-order valence-electron chi connectivity index (χ3n) is 4.49. The van der Waals surface area contributed by atoms with Crippen LogP contribution in [-0.2, 0) is 16.6 Å². The van der Waals surface area contributed by atoms with E-state index in [1.54, 1.807) is 12.1 Å². The van der Waals surface area contributed by atoms with E-state index >= 15 is 0 Å². The van der Waals surface area contributed by atoms with Crippen LogP contribution in [0.3, 0.4) is 0 Å². The maximum Gasteiger partial charge on any atom is 0.240 e. The van der Waals surface area contributed by atoms with Crippen LogP contribution in [0.5, 0.6) is 0 Å². The minimum atomic E-state index is -3.39. The molecule has 2 aliphatic rings. The van der Waals surface area contributed by atoms with Gasteiger partial charge in [0.2, 0.25) is 10.0 Å². The summed E-state index contributed by atoms with van der Waals surface area (Å²) in [5, 5.41) is 3.39. The van der Waals surface area contributed by atoms with Gasteiger partial charge in [-0.25, -0.2) is 13.1 Å². The average Bonchev–Trinajstić information content (AvgIpc) is 3.24. The van der Waals surface area contributed by atoms with Crippen LogP contribution in [0.4, 0.5) is 0 Å². The summed E-state index contributed by atoms with van der Waals surface area (Å²) in [5.41, 5.74) is 0.862. The number of rotatable bonds is 8. The molecule has 3 rings (SSSR count). The van der Waals surface area contributed by atoms with E-state index < -0.39 is 10.0 Å². The highest BCUT2D eigenvalue weighted by molar-refractivity contribution is 7.89. The summed E-state index contributed by atoms with van der Waals surface area (Å²) in [6.45, 7) is 1.18. The molecule has 0 aliphatic heterocycles. The molecule has 0 aromatic heterocycles. The molecule has 116 valence electrons. The topological polar surface area (TPSA) is 58.2 Å². The molecule has 0 amide bonds. The molecule has 1 aromatic carbocycles. The van der Waals surface area contributed by atoms with Gasteiger partial charge in [0.1, 0.15) is 0 Å². The van der Waals surface area contributed by atoms with Crippen molar-refractivity contribution in [1.29, 1.82) is 0 Å². The number of hydrogen-bond donors (Lipinski definition) is 2. The first kappa shape index (κ1) is 15.0. The Morgan fingerprint density at radius 2 is 1.86 bits per heavy atom. The summed E-state index contributed by atoms with van der Waals surface area (Å²) >= 11 is 0. The van der Waals surface area contributed by atoms with Crippen molar-refractivity contribution in [3.05, 3.63) is 29.8 Å². The van der Waals surface area contributed by atoms with E-state index in [2.05, 4.69) is 10.0 Å². The molecule has 5 heteroatoms. The number of hydrogen-bond acceptors (Lipinski definition) is 3. The Morgan fingerprint density at radius 1 is 1.10 bits per heavy atom. The number of nitrogens with one attached hydrogen (secondary N) is 2. The van der Waals surface area contributed by atoms with Crippen molar-refractivity contribution < 1.29 is 8.42 Å². The molecule has 0 bridgehead atoms. The molecule has 0 saturated heterocycles. The normalized spacial score (nSPS) is 19.4. The summed E-state index contributed by atoms with van der Waals surface area (Å²) in [6.07, 6.45) is 7.17. The Morgan fingerprint density at radius 3 is 2.52 bits per heavy atom. The van der Waals surface area contributed by atoms with Gasteiger partial charge in [0.15, 0.2) is 0 Å². The largest absolute Gasteiger partial charge is 0.310 e. The van der Waals surface area contributed by atoms with Crippen molar-refractivity contribution in [2.24, 2.45) is 5.92 Å². The average molecular weight is 308 g/mol.